The minimum atomic E-state index is -1.03. The van der Waals surface area contributed by atoms with Gasteiger partial charge in [-0.05, 0) is 0 Å². The molecule has 0 fully saturated rings. The normalized spacial score (nSPS) is 10.7. The van der Waals surface area contributed by atoms with E-state index in [0.29, 0.717) is 6.07 Å². The monoisotopic (exact) mass is 257 g/mol. The number of hydrogen-bond donors (Lipinski definition) is 2. The molecular formula is C10H9F2N3O3. The zero-order valence-corrected chi connectivity index (χ0v) is 9.28. The molecule has 0 aliphatic rings. The first-order valence-corrected chi connectivity index (χ1v) is 4.86. The molecule has 0 bridgehead atoms. The number of phenolic OH excluding ortho intramolecular Hbond substituents is 1. The van der Waals surface area contributed by atoms with E-state index in [1.165, 1.54) is 0 Å². The molecule has 0 aliphatic heterocycles. The predicted molar refractivity (Wildman–Crippen MR) is 55.8 cm³/mol. The van der Waals surface area contributed by atoms with Gasteiger partial charge in [0, 0.05) is 6.07 Å². The highest BCUT2D eigenvalue weighted by Gasteiger charge is 2.23. The highest BCUT2D eigenvalue weighted by atomic mass is 19.1. The summed E-state index contributed by atoms with van der Waals surface area (Å²) in [4.78, 5) is 3.74. The van der Waals surface area contributed by atoms with Crippen LogP contribution in [0.15, 0.2) is 10.6 Å². The molecule has 0 spiro atoms. The molecule has 2 rings (SSSR count). The number of halogens is 2. The van der Waals surface area contributed by atoms with E-state index < -0.39 is 28.7 Å². The Balaban J connectivity index is 2.63. The number of hydrogen-bond acceptors (Lipinski definition) is 6. The van der Waals surface area contributed by atoms with Crippen molar-refractivity contribution in [3.63, 3.8) is 0 Å². The molecule has 3 N–H and O–H groups in total. The number of phenols is 1. The number of nitrogens with zero attached hydrogens (tertiary/aromatic N) is 2. The first kappa shape index (κ1) is 12.2. The molecule has 2 aromatic rings. The number of nitrogens with two attached hydrogens (primary N) is 1. The number of ether oxygens (including phenoxy) is 1. The second kappa shape index (κ2) is 4.57. The van der Waals surface area contributed by atoms with Gasteiger partial charge in [-0.2, -0.15) is 4.98 Å². The second-order valence-electron chi connectivity index (χ2n) is 3.31. The number of benzene rings is 1. The Morgan fingerprint density at radius 3 is 2.72 bits per heavy atom. The Morgan fingerprint density at radius 1 is 1.44 bits per heavy atom. The van der Waals surface area contributed by atoms with Crippen molar-refractivity contribution in [1.29, 1.82) is 0 Å². The third-order valence-corrected chi connectivity index (χ3v) is 2.23. The van der Waals surface area contributed by atoms with E-state index in [-0.39, 0.29) is 18.3 Å². The number of aromatic nitrogens is 2. The molecule has 1 heterocycles. The van der Waals surface area contributed by atoms with Crippen molar-refractivity contribution in [2.45, 2.75) is 6.54 Å². The van der Waals surface area contributed by atoms with E-state index >= 15 is 0 Å². The smallest absolute Gasteiger partial charge is 0.240 e. The largest absolute Gasteiger partial charge is 0.504 e. The fraction of sp³-hybridized carbons (Fsp3) is 0.200. The maximum atomic E-state index is 13.6. The van der Waals surface area contributed by atoms with Crippen molar-refractivity contribution < 1.29 is 23.1 Å². The third kappa shape index (κ3) is 1.86. The summed E-state index contributed by atoms with van der Waals surface area (Å²) < 4.78 is 36.2. The van der Waals surface area contributed by atoms with Gasteiger partial charge < -0.3 is 20.1 Å². The van der Waals surface area contributed by atoms with Crippen molar-refractivity contribution in [2.75, 3.05) is 7.11 Å². The predicted octanol–water partition coefficient (Wildman–Crippen LogP) is 1.19. The maximum absolute atomic E-state index is 13.6. The summed E-state index contributed by atoms with van der Waals surface area (Å²) in [6.07, 6.45) is 0. The second-order valence-corrected chi connectivity index (χ2v) is 3.31. The molecule has 0 aliphatic carbocycles. The van der Waals surface area contributed by atoms with Gasteiger partial charge in [-0.25, -0.2) is 8.78 Å². The van der Waals surface area contributed by atoms with Crippen LogP contribution in [-0.4, -0.2) is 22.4 Å². The van der Waals surface area contributed by atoms with Crippen LogP contribution < -0.4 is 10.5 Å². The fourth-order valence-corrected chi connectivity index (χ4v) is 1.43. The van der Waals surface area contributed by atoms with E-state index in [1.54, 1.807) is 0 Å². The molecule has 96 valence electrons. The molecule has 0 saturated carbocycles. The van der Waals surface area contributed by atoms with Gasteiger partial charge in [-0.1, -0.05) is 5.16 Å². The minimum Gasteiger partial charge on any atom is -0.504 e. The molecule has 8 heteroatoms. The van der Waals surface area contributed by atoms with Crippen LogP contribution >= 0.6 is 0 Å². The van der Waals surface area contributed by atoms with Crippen molar-refractivity contribution >= 4 is 0 Å². The lowest BCUT2D eigenvalue weighted by atomic mass is 10.1. The summed E-state index contributed by atoms with van der Waals surface area (Å²) in [6, 6.07) is 0.562. The SMILES string of the molecule is COc1c(F)cc(F)c(-c2noc(CN)n2)c1O. The van der Waals surface area contributed by atoms with E-state index in [9.17, 15) is 13.9 Å². The lowest BCUT2D eigenvalue weighted by molar-refractivity contribution is 0.348. The van der Waals surface area contributed by atoms with E-state index in [2.05, 4.69) is 19.4 Å². The molecule has 6 nitrogen and oxygen atoms in total. The van der Waals surface area contributed by atoms with Crippen LogP contribution in [0.2, 0.25) is 0 Å². The molecule has 1 aromatic carbocycles. The lowest BCUT2D eigenvalue weighted by Gasteiger charge is -2.08. The summed E-state index contributed by atoms with van der Waals surface area (Å²) in [6.45, 7) is -0.0340. The summed E-state index contributed by atoms with van der Waals surface area (Å²) in [7, 11) is 1.14. The third-order valence-electron chi connectivity index (χ3n) is 2.23. The Kier molecular flexibility index (Phi) is 3.11. The van der Waals surface area contributed by atoms with Crippen LogP contribution in [0.3, 0.4) is 0 Å². The Bertz CT molecular complexity index is 586. The van der Waals surface area contributed by atoms with Crippen LogP contribution in [0.1, 0.15) is 5.89 Å². The number of methoxy groups -OCH3 is 1. The van der Waals surface area contributed by atoms with Crippen molar-refractivity contribution in [2.24, 2.45) is 5.73 Å². The van der Waals surface area contributed by atoms with E-state index in [0.717, 1.165) is 7.11 Å². The van der Waals surface area contributed by atoms with Gasteiger partial charge in [-0.15, -0.1) is 0 Å². The summed E-state index contributed by atoms with van der Waals surface area (Å²) >= 11 is 0. The van der Waals surface area contributed by atoms with Gasteiger partial charge in [0.1, 0.15) is 11.4 Å². The van der Waals surface area contributed by atoms with Gasteiger partial charge >= 0.3 is 0 Å². The molecule has 0 radical (unpaired) electrons. The van der Waals surface area contributed by atoms with Gasteiger partial charge in [0.05, 0.1) is 13.7 Å². The van der Waals surface area contributed by atoms with Crippen molar-refractivity contribution in [3.05, 3.63) is 23.6 Å². The average Bonchev–Trinajstić information content (AvgIpc) is 2.77. The number of rotatable bonds is 3. The molecule has 0 unspecified atom stereocenters. The Hall–Kier alpha value is -2.22. The Morgan fingerprint density at radius 2 is 2.17 bits per heavy atom. The van der Waals surface area contributed by atoms with Crippen LogP contribution in [0.25, 0.3) is 11.4 Å². The zero-order chi connectivity index (χ0) is 13.3. The summed E-state index contributed by atoms with van der Waals surface area (Å²) in [5.74, 6) is -3.46. The van der Waals surface area contributed by atoms with Crippen LogP contribution in [0.5, 0.6) is 11.5 Å². The lowest BCUT2D eigenvalue weighted by Crippen LogP contribution is -1.97. The molecule has 0 amide bonds. The van der Waals surface area contributed by atoms with Gasteiger partial charge in [0.15, 0.2) is 17.3 Å². The fourth-order valence-electron chi connectivity index (χ4n) is 1.43. The van der Waals surface area contributed by atoms with Crippen LogP contribution in [-0.2, 0) is 6.54 Å². The highest BCUT2D eigenvalue weighted by Crippen LogP contribution is 2.39. The minimum absolute atomic E-state index is 0.0340. The molecule has 0 saturated heterocycles. The zero-order valence-electron chi connectivity index (χ0n) is 9.28. The van der Waals surface area contributed by atoms with E-state index in [1.807, 2.05) is 0 Å². The summed E-state index contributed by atoms with van der Waals surface area (Å²) in [5.41, 5.74) is 4.85. The number of aromatic hydroxyl groups is 1. The standard InChI is InChI=1S/C10H9F2N3O3/c1-17-9-5(12)2-4(11)7(8(9)16)10-14-6(3-13)18-15-10/h2,16H,3,13H2,1H3. The van der Waals surface area contributed by atoms with E-state index in [4.69, 9.17) is 5.73 Å². The maximum Gasteiger partial charge on any atom is 0.240 e. The highest BCUT2D eigenvalue weighted by molar-refractivity contribution is 5.68. The first-order chi connectivity index (χ1) is 8.58. The van der Waals surface area contributed by atoms with Crippen LogP contribution in [0.4, 0.5) is 8.78 Å². The molecule has 0 atom stereocenters. The molecule has 18 heavy (non-hydrogen) atoms. The Labute approximate surface area is 100.0 Å². The summed E-state index contributed by atoms with van der Waals surface area (Å²) in [5, 5.41) is 13.2. The van der Waals surface area contributed by atoms with Gasteiger partial charge in [-0.3, -0.25) is 0 Å². The topological polar surface area (TPSA) is 94.4 Å². The van der Waals surface area contributed by atoms with Gasteiger partial charge in [0.2, 0.25) is 11.7 Å². The molecule has 1 aromatic heterocycles. The molecular weight excluding hydrogens is 248 g/mol. The van der Waals surface area contributed by atoms with Gasteiger partial charge in [0.25, 0.3) is 0 Å². The van der Waals surface area contributed by atoms with Crippen molar-refractivity contribution in [3.8, 4) is 22.9 Å². The average molecular weight is 257 g/mol. The quantitative estimate of drug-likeness (QED) is 0.857. The first-order valence-electron chi connectivity index (χ1n) is 4.86. The van der Waals surface area contributed by atoms with Crippen molar-refractivity contribution in [1.82, 2.24) is 10.1 Å². The van der Waals surface area contributed by atoms with Crippen LogP contribution in [0, 0.1) is 11.6 Å².